The van der Waals surface area contributed by atoms with E-state index < -0.39 is 0 Å². The number of benzene rings is 1. The molecule has 2 aromatic rings. The minimum absolute atomic E-state index is 0.180. The number of hydrogen-bond donors (Lipinski definition) is 0. The molecule has 2 nitrogen and oxygen atoms in total. The molecular weight excluding hydrogens is 210 g/mol. The summed E-state index contributed by atoms with van der Waals surface area (Å²) in [6.45, 7) is 0. The van der Waals surface area contributed by atoms with Crippen LogP contribution in [0.1, 0.15) is 29.6 Å². The molecular formula is C15H13NO. The summed E-state index contributed by atoms with van der Waals surface area (Å²) in [6, 6.07) is 7.73. The lowest BCUT2D eigenvalue weighted by Gasteiger charge is -2.05. The number of rotatable bonds is 2. The van der Waals surface area contributed by atoms with E-state index >= 15 is 0 Å². The first kappa shape index (κ1) is 10.2. The Morgan fingerprint density at radius 2 is 2.18 bits per heavy atom. The van der Waals surface area contributed by atoms with Gasteiger partial charge in [0.2, 0.25) is 0 Å². The van der Waals surface area contributed by atoms with Crippen LogP contribution in [-0.2, 0) is 0 Å². The zero-order valence-corrected chi connectivity index (χ0v) is 9.52. The fourth-order valence-electron chi connectivity index (χ4n) is 2.37. The maximum atomic E-state index is 12.4. The largest absolute Gasteiger partial charge is 0.289 e. The van der Waals surface area contributed by atoms with E-state index in [0.717, 1.165) is 41.2 Å². The number of hydrogen-bond acceptors (Lipinski definition) is 2. The van der Waals surface area contributed by atoms with Crippen molar-refractivity contribution in [2.24, 2.45) is 0 Å². The van der Waals surface area contributed by atoms with Crippen molar-refractivity contribution in [1.29, 1.82) is 0 Å². The molecule has 0 bridgehead atoms. The molecule has 0 unspecified atom stereocenters. The van der Waals surface area contributed by atoms with E-state index in [1.165, 1.54) is 0 Å². The van der Waals surface area contributed by atoms with Crippen LogP contribution in [0.4, 0.5) is 0 Å². The lowest BCUT2D eigenvalue weighted by Crippen LogP contribution is -2.02. The third kappa shape index (κ3) is 1.76. The molecule has 17 heavy (non-hydrogen) atoms. The van der Waals surface area contributed by atoms with Crippen molar-refractivity contribution in [3.8, 4) is 0 Å². The lowest BCUT2D eigenvalue weighted by molar-refractivity contribution is 0.103. The summed E-state index contributed by atoms with van der Waals surface area (Å²) >= 11 is 0. The van der Waals surface area contributed by atoms with E-state index in [0.29, 0.717) is 0 Å². The Kier molecular flexibility index (Phi) is 2.48. The normalized spacial score (nSPS) is 14.9. The molecule has 1 aromatic heterocycles. The molecule has 0 saturated carbocycles. The van der Waals surface area contributed by atoms with Crippen molar-refractivity contribution in [2.45, 2.75) is 19.3 Å². The summed E-state index contributed by atoms with van der Waals surface area (Å²) < 4.78 is 0. The van der Waals surface area contributed by atoms with Crippen molar-refractivity contribution >= 4 is 16.6 Å². The van der Waals surface area contributed by atoms with Gasteiger partial charge in [-0.1, -0.05) is 24.3 Å². The average molecular weight is 223 g/mol. The molecule has 1 heterocycles. The molecule has 3 rings (SSSR count). The van der Waals surface area contributed by atoms with Crippen LogP contribution in [0.15, 0.2) is 48.3 Å². The molecule has 0 aliphatic heterocycles. The van der Waals surface area contributed by atoms with Crippen molar-refractivity contribution in [3.63, 3.8) is 0 Å². The molecule has 1 aromatic carbocycles. The Balaban J connectivity index is 2.14. The topological polar surface area (TPSA) is 30.0 Å². The van der Waals surface area contributed by atoms with Crippen molar-refractivity contribution < 1.29 is 4.79 Å². The number of carbonyl (C=O) groups is 1. The maximum Gasteiger partial charge on any atom is 0.189 e. The number of Topliss-reactive ketones (excluding diaryl/α,β-unsaturated/α-hetero) is 1. The summed E-state index contributed by atoms with van der Waals surface area (Å²) in [7, 11) is 0. The van der Waals surface area contributed by atoms with Crippen molar-refractivity contribution in [1.82, 2.24) is 4.98 Å². The minimum atomic E-state index is 0.180. The molecule has 0 radical (unpaired) electrons. The quantitative estimate of drug-likeness (QED) is 0.729. The van der Waals surface area contributed by atoms with E-state index in [1.807, 2.05) is 24.3 Å². The van der Waals surface area contributed by atoms with Gasteiger partial charge in [-0.15, -0.1) is 0 Å². The van der Waals surface area contributed by atoms with Gasteiger partial charge in [-0.2, -0.15) is 0 Å². The van der Waals surface area contributed by atoms with Crippen LogP contribution >= 0.6 is 0 Å². The predicted octanol–water partition coefficient (Wildman–Crippen LogP) is 3.53. The predicted molar refractivity (Wildman–Crippen MR) is 68.0 cm³/mol. The van der Waals surface area contributed by atoms with Gasteiger partial charge in [0.25, 0.3) is 0 Å². The van der Waals surface area contributed by atoms with Gasteiger partial charge in [0, 0.05) is 23.3 Å². The monoisotopic (exact) mass is 223 g/mol. The Hall–Kier alpha value is -1.96. The highest BCUT2D eigenvalue weighted by Gasteiger charge is 2.17. The molecule has 0 spiro atoms. The van der Waals surface area contributed by atoms with E-state index in [-0.39, 0.29) is 5.78 Å². The van der Waals surface area contributed by atoms with Gasteiger partial charge in [0.15, 0.2) is 5.78 Å². The molecule has 1 aliphatic rings. The van der Waals surface area contributed by atoms with Crippen molar-refractivity contribution in [3.05, 3.63) is 53.9 Å². The summed E-state index contributed by atoms with van der Waals surface area (Å²) in [5.41, 5.74) is 1.77. The highest BCUT2D eigenvalue weighted by molar-refractivity contribution is 6.16. The number of ketones is 1. The van der Waals surface area contributed by atoms with Crippen LogP contribution < -0.4 is 0 Å². The smallest absolute Gasteiger partial charge is 0.189 e. The third-order valence-corrected chi connectivity index (χ3v) is 3.26. The van der Waals surface area contributed by atoms with Crippen LogP contribution in [0.3, 0.4) is 0 Å². The summed E-state index contributed by atoms with van der Waals surface area (Å²) in [6.07, 6.45) is 8.67. The third-order valence-electron chi connectivity index (χ3n) is 3.26. The second-order valence-electron chi connectivity index (χ2n) is 4.35. The summed E-state index contributed by atoms with van der Waals surface area (Å²) in [4.78, 5) is 16.5. The second kappa shape index (κ2) is 4.13. The number of pyridine rings is 1. The Labute approximate surface area is 100.0 Å². The Morgan fingerprint density at radius 3 is 3.00 bits per heavy atom. The van der Waals surface area contributed by atoms with Crippen LogP contribution in [-0.4, -0.2) is 10.8 Å². The van der Waals surface area contributed by atoms with Crippen LogP contribution in [0.2, 0.25) is 0 Å². The van der Waals surface area contributed by atoms with Gasteiger partial charge >= 0.3 is 0 Å². The number of fused-ring (bicyclic) bond motifs is 1. The number of allylic oxidation sites excluding steroid dienone is 2. The average Bonchev–Trinajstić information content (AvgIpc) is 2.91. The van der Waals surface area contributed by atoms with Crippen LogP contribution in [0.5, 0.6) is 0 Å². The first-order valence-electron chi connectivity index (χ1n) is 5.93. The maximum absolute atomic E-state index is 12.4. The van der Waals surface area contributed by atoms with E-state index in [2.05, 4.69) is 11.1 Å². The highest BCUT2D eigenvalue weighted by atomic mass is 16.1. The van der Waals surface area contributed by atoms with Crippen LogP contribution in [0.25, 0.3) is 10.8 Å². The molecule has 2 heteroatoms. The fourth-order valence-corrected chi connectivity index (χ4v) is 2.37. The zero-order chi connectivity index (χ0) is 11.7. The van der Waals surface area contributed by atoms with Gasteiger partial charge in [-0.3, -0.25) is 9.78 Å². The van der Waals surface area contributed by atoms with Gasteiger partial charge in [-0.25, -0.2) is 0 Å². The molecule has 0 amide bonds. The summed E-state index contributed by atoms with van der Waals surface area (Å²) in [5, 5.41) is 2.03. The van der Waals surface area contributed by atoms with Gasteiger partial charge in [-0.05, 0) is 36.3 Å². The number of carbonyl (C=O) groups excluding carboxylic acids is 1. The number of aromatic nitrogens is 1. The van der Waals surface area contributed by atoms with Gasteiger partial charge in [0.1, 0.15) is 0 Å². The standard InChI is InChI=1S/C15H13NO/c17-15(11-4-1-2-5-11)14-7-3-6-12-10-16-9-8-13(12)14/h3-4,6-10H,1-2,5H2. The lowest BCUT2D eigenvalue weighted by atomic mass is 9.98. The summed E-state index contributed by atoms with van der Waals surface area (Å²) in [5.74, 6) is 0.180. The molecule has 0 fully saturated rings. The number of nitrogens with zero attached hydrogens (tertiary/aromatic N) is 1. The molecule has 1 aliphatic carbocycles. The second-order valence-corrected chi connectivity index (χ2v) is 4.35. The fraction of sp³-hybridized carbons (Fsp3) is 0.200. The van der Waals surface area contributed by atoms with E-state index in [1.54, 1.807) is 12.4 Å². The zero-order valence-electron chi connectivity index (χ0n) is 9.52. The Morgan fingerprint density at radius 1 is 1.24 bits per heavy atom. The van der Waals surface area contributed by atoms with Crippen LogP contribution in [0, 0.1) is 0 Å². The van der Waals surface area contributed by atoms with E-state index in [4.69, 9.17) is 0 Å². The van der Waals surface area contributed by atoms with Gasteiger partial charge in [0.05, 0.1) is 0 Å². The first-order chi connectivity index (χ1) is 8.36. The molecule has 0 N–H and O–H groups in total. The van der Waals surface area contributed by atoms with E-state index in [9.17, 15) is 4.79 Å². The van der Waals surface area contributed by atoms with Gasteiger partial charge < -0.3 is 0 Å². The highest BCUT2D eigenvalue weighted by Crippen LogP contribution is 2.25. The molecule has 0 saturated heterocycles. The molecule has 84 valence electrons. The SMILES string of the molecule is O=C(C1=CCCC1)c1cccc2cnccc12. The Bertz CT molecular complexity index is 608. The first-order valence-corrected chi connectivity index (χ1v) is 5.93. The minimum Gasteiger partial charge on any atom is -0.289 e. The molecule has 0 atom stereocenters. The van der Waals surface area contributed by atoms with Crippen molar-refractivity contribution in [2.75, 3.05) is 0 Å².